The summed E-state index contributed by atoms with van der Waals surface area (Å²) < 4.78 is 32.3. The van der Waals surface area contributed by atoms with Gasteiger partial charge in [-0.15, -0.1) is 11.8 Å². The van der Waals surface area contributed by atoms with E-state index in [-0.39, 0.29) is 11.7 Å². The zero-order valence-electron chi connectivity index (χ0n) is 21.5. The SMILES string of the molecule is CSc1ccc(NC(=O)c2cnc(NS(=O)(=O)CCO)cc2N2CCC3(CC2)CC3)nc1N1CCOCC1. The van der Waals surface area contributed by atoms with Crippen LogP contribution in [0.3, 0.4) is 0 Å². The molecule has 3 N–H and O–H groups in total. The van der Waals surface area contributed by atoms with Crippen LogP contribution >= 0.6 is 11.8 Å². The second kappa shape index (κ2) is 11.2. The smallest absolute Gasteiger partial charge is 0.260 e. The minimum atomic E-state index is -3.75. The van der Waals surface area contributed by atoms with Crippen LogP contribution in [-0.4, -0.2) is 87.4 Å². The number of pyridine rings is 2. The molecule has 0 unspecified atom stereocenters. The molecular weight excluding hydrogens is 528 g/mol. The van der Waals surface area contributed by atoms with Gasteiger partial charge in [0, 0.05) is 43.3 Å². The van der Waals surface area contributed by atoms with Gasteiger partial charge in [-0.05, 0) is 49.5 Å². The number of morpholine rings is 1. The number of aromatic nitrogens is 2. The van der Waals surface area contributed by atoms with Crippen LogP contribution in [0.5, 0.6) is 0 Å². The van der Waals surface area contributed by atoms with Gasteiger partial charge in [-0.25, -0.2) is 18.4 Å². The van der Waals surface area contributed by atoms with Crippen molar-refractivity contribution in [1.82, 2.24) is 9.97 Å². The molecule has 206 valence electrons. The monoisotopic (exact) mass is 562 g/mol. The molecule has 1 saturated carbocycles. The quantitative estimate of drug-likeness (QED) is 0.391. The van der Waals surface area contributed by atoms with Crippen molar-refractivity contribution in [3.63, 3.8) is 0 Å². The van der Waals surface area contributed by atoms with Gasteiger partial charge in [-0.1, -0.05) is 0 Å². The average Bonchev–Trinajstić information content (AvgIpc) is 3.67. The van der Waals surface area contributed by atoms with Crippen molar-refractivity contribution >= 4 is 50.8 Å². The van der Waals surface area contributed by atoms with Gasteiger partial charge in [0.15, 0.2) is 0 Å². The first-order valence-electron chi connectivity index (χ1n) is 12.9. The molecule has 5 rings (SSSR count). The number of aliphatic hydroxyl groups excluding tert-OH is 1. The molecule has 0 aromatic carbocycles. The number of piperidine rings is 1. The topological polar surface area (TPSA) is 137 Å². The lowest BCUT2D eigenvalue weighted by Gasteiger charge is -2.35. The molecule has 0 radical (unpaired) electrons. The maximum absolute atomic E-state index is 13.5. The predicted octanol–water partition coefficient (Wildman–Crippen LogP) is 2.40. The van der Waals surface area contributed by atoms with Gasteiger partial charge in [0.05, 0.1) is 36.8 Å². The number of hydrogen-bond donors (Lipinski definition) is 3. The van der Waals surface area contributed by atoms with Gasteiger partial charge in [-0.3, -0.25) is 9.52 Å². The first-order chi connectivity index (χ1) is 18.3. The number of thioether (sulfide) groups is 1. The van der Waals surface area contributed by atoms with Crippen LogP contribution in [0.4, 0.5) is 23.1 Å². The zero-order valence-corrected chi connectivity index (χ0v) is 23.1. The number of rotatable bonds is 9. The predicted molar refractivity (Wildman–Crippen MR) is 149 cm³/mol. The molecule has 13 heteroatoms. The molecule has 11 nitrogen and oxygen atoms in total. The Bertz CT molecular complexity index is 1270. The van der Waals surface area contributed by atoms with E-state index < -0.39 is 22.4 Å². The molecule has 2 saturated heterocycles. The molecule has 2 aromatic heterocycles. The Hall–Kier alpha value is -2.61. The Balaban J connectivity index is 1.41. The van der Waals surface area contributed by atoms with Crippen molar-refractivity contribution in [3.8, 4) is 0 Å². The molecule has 1 aliphatic carbocycles. The number of amides is 1. The third kappa shape index (κ3) is 6.16. The number of nitrogens with one attached hydrogen (secondary N) is 2. The molecule has 38 heavy (non-hydrogen) atoms. The van der Waals surface area contributed by atoms with Crippen LogP contribution in [0.2, 0.25) is 0 Å². The fourth-order valence-corrected chi connectivity index (χ4v) is 6.35. The van der Waals surface area contributed by atoms with E-state index in [4.69, 9.17) is 14.8 Å². The van der Waals surface area contributed by atoms with E-state index in [2.05, 4.69) is 24.8 Å². The summed E-state index contributed by atoms with van der Waals surface area (Å²) in [5, 5.41) is 12.0. The maximum atomic E-state index is 13.5. The fraction of sp³-hybridized carbons (Fsp3) is 0.560. The average molecular weight is 563 g/mol. The highest BCUT2D eigenvalue weighted by atomic mass is 32.2. The molecule has 3 fully saturated rings. The van der Waals surface area contributed by atoms with Gasteiger partial charge in [-0.2, -0.15) is 0 Å². The number of ether oxygens (including phenoxy) is 1. The van der Waals surface area contributed by atoms with E-state index in [0.29, 0.717) is 35.7 Å². The Morgan fingerprint density at radius 1 is 1.11 bits per heavy atom. The largest absolute Gasteiger partial charge is 0.395 e. The van der Waals surface area contributed by atoms with Crippen LogP contribution < -0.4 is 19.8 Å². The molecule has 3 aliphatic rings. The summed E-state index contributed by atoms with van der Waals surface area (Å²) >= 11 is 1.60. The third-order valence-electron chi connectivity index (χ3n) is 7.48. The molecule has 2 aromatic rings. The van der Waals surface area contributed by atoms with Crippen molar-refractivity contribution in [1.29, 1.82) is 0 Å². The van der Waals surface area contributed by atoms with E-state index in [1.807, 2.05) is 12.3 Å². The van der Waals surface area contributed by atoms with Crippen LogP contribution in [0.25, 0.3) is 0 Å². The van der Waals surface area contributed by atoms with E-state index in [0.717, 1.165) is 49.7 Å². The number of anilines is 4. The van der Waals surface area contributed by atoms with Crippen LogP contribution in [0, 0.1) is 5.41 Å². The number of carbonyl (C=O) groups excluding carboxylic acids is 1. The summed E-state index contributed by atoms with van der Waals surface area (Å²) in [6, 6.07) is 5.35. The Kier molecular flexibility index (Phi) is 7.98. The second-order valence-corrected chi connectivity index (χ2v) is 12.7. The van der Waals surface area contributed by atoms with Gasteiger partial charge in [0.1, 0.15) is 17.5 Å². The number of carbonyl (C=O) groups is 1. The minimum Gasteiger partial charge on any atom is -0.395 e. The lowest BCUT2D eigenvalue weighted by atomic mass is 9.93. The number of nitrogens with zero attached hydrogens (tertiary/aromatic N) is 4. The Morgan fingerprint density at radius 3 is 2.50 bits per heavy atom. The fourth-order valence-electron chi connectivity index (χ4n) is 5.02. The lowest BCUT2D eigenvalue weighted by Crippen LogP contribution is -2.37. The first-order valence-corrected chi connectivity index (χ1v) is 15.7. The maximum Gasteiger partial charge on any atom is 0.260 e. The van der Waals surface area contributed by atoms with E-state index in [1.165, 1.54) is 19.0 Å². The van der Waals surface area contributed by atoms with E-state index >= 15 is 0 Å². The molecule has 4 heterocycles. The summed E-state index contributed by atoms with van der Waals surface area (Å²) in [4.78, 5) is 27.8. The summed E-state index contributed by atoms with van der Waals surface area (Å²) in [7, 11) is -3.75. The highest BCUT2D eigenvalue weighted by Gasteiger charge is 2.44. The zero-order chi connectivity index (χ0) is 26.8. The molecular formula is C25H34N6O5S2. The van der Waals surface area contributed by atoms with Crippen molar-refractivity contribution in [2.75, 3.05) is 77.8 Å². The normalized spacial score (nSPS) is 18.9. The molecule has 1 amide bonds. The van der Waals surface area contributed by atoms with Gasteiger partial charge >= 0.3 is 0 Å². The molecule has 0 atom stereocenters. The molecule has 2 aliphatic heterocycles. The van der Waals surface area contributed by atoms with E-state index in [1.54, 1.807) is 23.9 Å². The van der Waals surface area contributed by atoms with Crippen molar-refractivity contribution in [2.45, 2.75) is 30.6 Å². The first kappa shape index (κ1) is 27.0. The lowest BCUT2D eigenvalue weighted by molar-refractivity contribution is 0.102. The second-order valence-electron chi connectivity index (χ2n) is 9.99. The van der Waals surface area contributed by atoms with Crippen LogP contribution in [-0.2, 0) is 14.8 Å². The van der Waals surface area contributed by atoms with Crippen molar-refractivity contribution < 1.29 is 23.1 Å². The number of hydrogen-bond acceptors (Lipinski definition) is 10. The Labute approximate surface area is 227 Å². The Morgan fingerprint density at radius 2 is 1.84 bits per heavy atom. The van der Waals surface area contributed by atoms with Crippen LogP contribution in [0.15, 0.2) is 29.3 Å². The standard InChI is InChI=1S/C25H34N6O5S2/c1-37-20-2-3-21(27-23(20)31-10-13-36-14-11-31)28-24(33)18-17-26-22(29-38(34,35)15-12-32)16-19(18)30-8-6-25(4-5-25)7-9-30/h2-3,16-17,32H,4-15H2,1H3,(H,26,29)(H,27,28,33). The highest BCUT2D eigenvalue weighted by molar-refractivity contribution is 7.98. The summed E-state index contributed by atoms with van der Waals surface area (Å²) in [5.74, 6) is 0.580. The molecule has 0 bridgehead atoms. The van der Waals surface area contributed by atoms with Gasteiger partial charge in [0.25, 0.3) is 5.91 Å². The molecule has 1 spiro atoms. The van der Waals surface area contributed by atoms with Crippen molar-refractivity contribution in [3.05, 3.63) is 30.0 Å². The van der Waals surface area contributed by atoms with Gasteiger partial charge in [0.2, 0.25) is 10.0 Å². The summed E-state index contributed by atoms with van der Waals surface area (Å²) in [6.07, 6.45) is 7.99. The minimum absolute atomic E-state index is 0.119. The third-order valence-corrected chi connectivity index (χ3v) is 9.48. The number of sulfonamides is 1. The number of aliphatic hydroxyl groups is 1. The van der Waals surface area contributed by atoms with Gasteiger partial charge < -0.3 is 25.0 Å². The van der Waals surface area contributed by atoms with E-state index in [9.17, 15) is 13.2 Å². The summed E-state index contributed by atoms with van der Waals surface area (Å²) in [6.45, 7) is 3.81. The van der Waals surface area contributed by atoms with Crippen LogP contribution in [0.1, 0.15) is 36.0 Å². The summed E-state index contributed by atoms with van der Waals surface area (Å²) in [5.41, 5.74) is 1.42. The highest BCUT2D eigenvalue weighted by Crippen LogP contribution is 2.54. The van der Waals surface area contributed by atoms with Crippen molar-refractivity contribution in [2.24, 2.45) is 5.41 Å².